The summed E-state index contributed by atoms with van der Waals surface area (Å²) in [6, 6.07) is 18.1. The average Bonchev–Trinajstić information content (AvgIpc) is 3.27. The fraction of sp³-hybridized carbons (Fsp3) is 0.174. The Morgan fingerprint density at radius 2 is 1.72 bits per heavy atom. The highest BCUT2D eigenvalue weighted by atomic mass is 16.5. The molecule has 29 heavy (non-hydrogen) atoms. The van der Waals surface area contributed by atoms with Crippen LogP contribution in [0.3, 0.4) is 0 Å². The quantitative estimate of drug-likeness (QED) is 0.497. The van der Waals surface area contributed by atoms with E-state index in [1.54, 1.807) is 0 Å². The molecule has 0 spiro atoms. The lowest BCUT2D eigenvalue weighted by molar-refractivity contribution is 0.0534. The number of esters is 1. The second-order valence-corrected chi connectivity index (χ2v) is 7.36. The minimum atomic E-state index is -0.326. The summed E-state index contributed by atoms with van der Waals surface area (Å²) < 4.78 is 7.17. The number of ether oxygens (including phenoxy) is 1. The molecule has 5 rings (SSSR count). The van der Waals surface area contributed by atoms with Crippen molar-refractivity contribution >= 4 is 22.7 Å². The molecule has 0 aliphatic carbocycles. The predicted molar refractivity (Wildman–Crippen MR) is 112 cm³/mol. The molecular formula is C23H20N4O2. The Morgan fingerprint density at radius 1 is 1.00 bits per heavy atom. The van der Waals surface area contributed by atoms with Crippen molar-refractivity contribution in [2.24, 2.45) is 0 Å². The number of anilines is 1. The second-order valence-electron chi connectivity index (χ2n) is 7.36. The molecule has 0 saturated heterocycles. The van der Waals surface area contributed by atoms with Crippen LogP contribution in [0.15, 0.2) is 54.6 Å². The van der Waals surface area contributed by atoms with Crippen molar-refractivity contribution in [3.05, 3.63) is 71.5 Å². The lowest BCUT2D eigenvalue weighted by atomic mass is 9.95. The summed E-state index contributed by atoms with van der Waals surface area (Å²) in [4.78, 5) is 19.4. The van der Waals surface area contributed by atoms with Gasteiger partial charge in [0.05, 0.1) is 28.0 Å². The number of nitrogens with zero attached hydrogens (tertiary/aromatic N) is 4. The first kappa shape index (κ1) is 17.4. The van der Waals surface area contributed by atoms with Gasteiger partial charge < -0.3 is 9.64 Å². The normalized spacial score (nSPS) is 12.9. The third-order valence-corrected chi connectivity index (χ3v) is 5.28. The number of benzene rings is 2. The summed E-state index contributed by atoms with van der Waals surface area (Å²) in [5.41, 5.74) is 6.58. The van der Waals surface area contributed by atoms with Crippen LogP contribution in [-0.2, 0) is 11.3 Å². The van der Waals surface area contributed by atoms with Crippen molar-refractivity contribution < 1.29 is 9.53 Å². The van der Waals surface area contributed by atoms with E-state index in [2.05, 4.69) is 0 Å². The molecule has 0 atom stereocenters. The summed E-state index contributed by atoms with van der Waals surface area (Å²) in [6.45, 7) is 2.14. The molecule has 1 aliphatic heterocycles. The van der Waals surface area contributed by atoms with Crippen LogP contribution in [-0.4, -0.2) is 34.8 Å². The Hall–Kier alpha value is -3.67. The Bertz CT molecular complexity index is 1240. The molecule has 1 aliphatic rings. The molecule has 0 unspecified atom stereocenters. The van der Waals surface area contributed by atoms with Crippen molar-refractivity contribution in [2.75, 3.05) is 19.0 Å². The molecule has 6 nitrogen and oxygen atoms in total. The number of carbonyl (C=O) groups is 1. The monoisotopic (exact) mass is 384 g/mol. The number of aryl methyl sites for hydroxylation is 1. The van der Waals surface area contributed by atoms with Crippen LogP contribution in [0.25, 0.3) is 27.8 Å². The average molecular weight is 384 g/mol. The van der Waals surface area contributed by atoms with Gasteiger partial charge in [-0.25, -0.2) is 14.5 Å². The molecule has 0 radical (unpaired) electrons. The fourth-order valence-electron chi connectivity index (χ4n) is 3.86. The zero-order valence-electron chi connectivity index (χ0n) is 16.5. The number of rotatable bonds is 3. The van der Waals surface area contributed by atoms with Crippen molar-refractivity contribution in [2.45, 2.75) is 13.5 Å². The molecule has 0 bridgehead atoms. The first-order valence-corrected chi connectivity index (χ1v) is 9.47. The van der Waals surface area contributed by atoms with E-state index >= 15 is 0 Å². The van der Waals surface area contributed by atoms with Crippen LogP contribution in [0.4, 0.5) is 5.69 Å². The van der Waals surface area contributed by atoms with Crippen LogP contribution >= 0.6 is 0 Å². The number of aromatic nitrogens is 3. The number of cyclic esters (lactones) is 1. The summed E-state index contributed by atoms with van der Waals surface area (Å²) in [5, 5.41) is 5.63. The standard InChI is InChI=1S/C23H20N4O2/c1-14-19-20(15-9-11-16(12-10-15)26(2)3)21-18(13-29-23(21)28)24-22(19)27(25-14)17-7-5-4-6-8-17/h4-12H,13H2,1-3H3. The van der Waals surface area contributed by atoms with Crippen LogP contribution in [0.1, 0.15) is 21.7 Å². The maximum Gasteiger partial charge on any atom is 0.341 e. The van der Waals surface area contributed by atoms with Crippen LogP contribution in [0, 0.1) is 6.92 Å². The van der Waals surface area contributed by atoms with Crippen molar-refractivity contribution in [3.63, 3.8) is 0 Å². The number of fused-ring (bicyclic) bond motifs is 2. The molecule has 3 heterocycles. The Kier molecular flexibility index (Phi) is 3.87. The van der Waals surface area contributed by atoms with Gasteiger partial charge in [0.25, 0.3) is 0 Å². The third-order valence-electron chi connectivity index (χ3n) is 5.28. The Morgan fingerprint density at radius 3 is 2.41 bits per heavy atom. The summed E-state index contributed by atoms with van der Waals surface area (Å²) in [5.74, 6) is -0.326. The van der Waals surface area contributed by atoms with Gasteiger partial charge in [-0.05, 0) is 36.8 Å². The molecule has 144 valence electrons. The lowest BCUT2D eigenvalue weighted by Gasteiger charge is -2.14. The molecule has 2 aromatic heterocycles. The first-order chi connectivity index (χ1) is 14.0. The topological polar surface area (TPSA) is 60.2 Å². The maximum atomic E-state index is 12.6. The van der Waals surface area contributed by atoms with Gasteiger partial charge in [0.2, 0.25) is 0 Å². The number of para-hydroxylation sites is 1. The number of hydrogen-bond acceptors (Lipinski definition) is 5. The van der Waals surface area contributed by atoms with Crippen LogP contribution in [0.5, 0.6) is 0 Å². The molecule has 2 aromatic carbocycles. The smallest absolute Gasteiger partial charge is 0.341 e. The highest BCUT2D eigenvalue weighted by molar-refractivity contribution is 6.09. The number of hydrogen-bond donors (Lipinski definition) is 0. The second kappa shape index (κ2) is 6.44. The van der Waals surface area contributed by atoms with E-state index in [0.717, 1.165) is 39.2 Å². The van der Waals surface area contributed by atoms with Gasteiger partial charge in [-0.3, -0.25) is 0 Å². The van der Waals surface area contributed by atoms with E-state index in [4.69, 9.17) is 14.8 Å². The summed E-state index contributed by atoms with van der Waals surface area (Å²) in [6.07, 6.45) is 0. The van der Waals surface area contributed by atoms with E-state index in [1.807, 2.05) is 85.2 Å². The molecule has 6 heteroatoms. The minimum absolute atomic E-state index is 0.186. The largest absolute Gasteiger partial charge is 0.455 e. The van der Waals surface area contributed by atoms with Gasteiger partial charge >= 0.3 is 5.97 Å². The van der Waals surface area contributed by atoms with Gasteiger partial charge in [-0.2, -0.15) is 5.10 Å². The van der Waals surface area contributed by atoms with Gasteiger partial charge in [0.15, 0.2) is 5.65 Å². The van der Waals surface area contributed by atoms with Gasteiger partial charge in [0.1, 0.15) is 6.61 Å². The van der Waals surface area contributed by atoms with Crippen molar-refractivity contribution in [1.82, 2.24) is 14.8 Å². The lowest BCUT2D eigenvalue weighted by Crippen LogP contribution is -2.08. The van der Waals surface area contributed by atoms with Crippen LogP contribution < -0.4 is 4.90 Å². The van der Waals surface area contributed by atoms with Gasteiger partial charge in [-0.1, -0.05) is 30.3 Å². The zero-order valence-corrected chi connectivity index (χ0v) is 16.5. The first-order valence-electron chi connectivity index (χ1n) is 9.47. The molecular weight excluding hydrogens is 364 g/mol. The Balaban J connectivity index is 1.83. The van der Waals surface area contributed by atoms with E-state index < -0.39 is 0 Å². The highest BCUT2D eigenvalue weighted by Gasteiger charge is 2.31. The minimum Gasteiger partial charge on any atom is -0.455 e. The predicted octanol–water partition coefficient (Wildman–Crippen LogP) is 4.13. The Labute approximate surface area is 168 Å². The van der Waals surface area contributed by atoms with E-state index in [-0.39, 0.29) is 12.6 Å². The van der Waals surface area contributed by atoms with Gasteiger partial charge in [0, 0.05) is 25.3 Å². The zero-order chi connectivity index (χ0) is 20.1. The van der Waals surface area contributed by atoms with E-state index in [9.17, 15) is 4.79 Å². The highest BCUT2D eigenvalue weighted by Crippen LogP contribution is 2.39. The fourth-order valence-corrected chi connectivity index (χ4v) is 3.86. The SMILES string of the molecule is Cc1nn(-c2ccccc2)c2nc3c(c(-c4ccc(N(C)C)cc4)c12)C(=O)OC3. The number of carbonyl (C=O) groups excluding carboxylic acids is 1. The van der Waals surface area contributed by atoms with Crippen molar-refractivity contribution in [3.8, 4) is 16.8 Å². The van der Waals surface area contributed by atoms with Crippen LogP contribution in [0.2, 0.25) is 0 Å². The van der Waals surface area contributed by atoms with Crippen molar-refractivity contribution in [1.29, 1.82) is 0 Å². The maximum absolute atomic E-state index is 12.6. The summed E-state index contributed by atoms with van der Waals surface area (Å²) >= 11 is 0. The van der Waals surface area contributed by atoms with E-state index in [0.29, 0.717) is 11.3 Å². The number of pyridine rings is 1. The third kappa shape index (κ3) is 2.68. The molecule has 0 saturated carbocycles. The molecule has 4 aromatic rings. The molecule has 0 fully saturated rings. The summed E-state index contributed by atoms with van der Waals surface area (Å²) in [7, 11) is 4.01. The van der Waals surface area contributed by atoms with Gasteiger partial charge in [-0.15, -0.1) is 0 Å². The van der Waals surface area contributed by atoms with E-state index in [1.165, 1.54) is 0 Å². The molecule has 0 amide bonds. The molecule has 0 N–H and O–H groups in total.